The van der Waals surface area contributed by atoms with Crippen molar-refractivity contribution in [1.29, 1.82) is 0 Å². The lowest BCUT2D eigenvalue weighted by molar-refractivity contribution is 0.0891. The number of amides is 1. The van der Waals surface area contributed by atoms with E-state index < -0.39 is 0 Å². The van der Waals surface area contributed by atoms with Gasteiger partial charge in [-0.2, -0.15) is 0 Å². The SMILES string of the molecule is CC(C)[C@@H](CO)NC(=O)c1csc2nc(-c3cccc(Cl)c3)cn12. The van der Waals surface area contributed by atoms with E-state index >= 15 is 0 Å². The summed E-state index contributed by atoms with van der Waals surface area (Å²) >= 11 is 7.43. The second-order valence-electron chi connectivity index (χ2n) is 5.92. The molecule has 0 saturated heterocycles. The zero-order valence-corrected chi connectivity index (χ0v) is 14.9. The van der Waals surface area contributed by atoms with Crippen molar-refractivity contribution in [2.45, 2.75) is 19.9 Å². The molecular weight excluding hydrogens is 346 g/mol. The van der Waals surface area contributed by atoms with Crippen molar-refractivity contribution in [2.24, 2.45) is 5.92 Å². The maximum atomic E-state index is 12.5. The maximum Gasteiger partial charge on any atom is 0.269 e. The highest BCUT2D eigenvalue weighted by molar-refractivity contribution is 7.15. The summed E-state index contributed by atoms with van der Waals surface area (Å²) in [6.45, 7) is 3.83. The first kappa shape index (κ1) is 17.0. The number of benzene rings is 1. The Morgan fingerprint density at radius 1 is 1.46 bits per heavy atom. The zero-order chi connectivity index (χ0) is 17.3. The average molecular weight is 364 g/mol. The maximum absolute atomic E-state index is 12.5. The molecule has 0 fully saturated rings. The summed E-state index contributed by atoms with van der Waals surface area (Å²) in [5.41, 5.74) is 2.18. The monoisotopic (exact) mass is 363 g/mol. The number of aromatic nitrogens is 2. The molecule has 3 rings (SSSR count). The van der Waals surface area contributed by atoms with Crippen LogP contribution in [0.1, 0.15) is 24.3 Å². The van der Waals surface area contributed by atoms with Gasteiger partial charge in [-0.3, -0.25) is 9.20 Å². The van der Waals surface area contributed by atoms with E-state index in [9.17, 15) is 9.90 Å². The van der Waals surface area contributed by atoms with E-state index in [0.29, 0.717) is 10.7 Å². The molecule has 0 aliphatic heterocycles. The Morgan fingerprint density at radius 2 is 2.25 bits per heavy atom. The minimum atomic E-state index is -0.275. The summed E-state index contributed by atoms with van der Waals surface area (Å²) in [4.78, 5) is 17.8. The van der Waals surface area contributed by atoms with Crippen LogP contribution in [0.2, 0.25) is 5.02 Å². The van der Waals surface area contributed by atoms with Crippen LogP contribution in [0.15, 0.2) is 35.8 Å². The van der Waals surface area contributed by atoms with E-state index in [1.54, 1.807) is 9.78 Å². The lowest BCUT2D eigenvalue weighted by Crippen LogP contribution is -2.41. The van der Waals surface area contributed by atoms with Crippen molar-refractivity contribution < 1.29 is 9.90 Å². The zero-order valence-electron chi connectivity index (χ0n) is 13.4. The van der Waals surface area contributed by atoms with Crippen LogP contribution in [0.5, 0.6) is 0 Å². The first-order chi connectivity index (χ1) is 11.5. The fraction of sp³-hybridized carbons (Fsp3) is 0.294. The summed E-state index contributed by atoms with van der Waals surface area (Å²) in [6, 6.07) is 7.17. The fourth-order valence-corrected chi connectivity index (χ4v) is 3.44. The number of rotatable bonds is 5. The summed E-state index contributed by atoms with van der Waals surface area (Å²) in [5, 5.41) is 14.7. The number of hydrogen-bond donors (Lipinski definition) is 2. The Hall–Kier alpha value is -1.89. The molecule has 0 aliphatic rings. The predicted octanol–water partition coefficient (Wildman–Crippen LogP) is 3.46. The lowest BCUT2D eigenvalue weighted by atomic mass is 10.1. The highest BCUT2D eigenvalue weighted by Crippen LogP contribution is 2.25. The highest BCUT2D eigenvalue weighted by atomic mass is 35.5. The number of nitrogens with one attached hydrogen (secondary N) is 1. The smallest absolute Gasteiger partial charge is 0.269 e. The predicted molar refractivity (Wildman–Crippen MR) is 96.7 cm³/mol. The standard InChI is InChI=1S/C17H18ClN3O2S/c1-10(2)14(8-22)19-16(23)15-9-24-17-20-13(7-21(15)17)11-4-3-5-12(18)6-11/h3-7,9-10,14,22H,8H2,1-2H3,(H,19,23)/t14-/m1/s1. The molecule has 0 aliphatic carbocycles. The van der Waals surface area contributed by atoms with E-state index in [2.05, 4.69) is 10.3 Å². The van der Waals surface area contributed by atoms with Crippen LogP contribution in [0.25, 0.3) is 16.2 Å². The number of hydrogen-bond acceptors (Lipinski definition) is 4. The second-order valence-corrected chi connectivity index (χ2v) is 7.19. The van der Waals surface area contributed by atoms with Gasteiger partial charge in [-0.25, -0.2) is 4.98 Å². The Kier molecular flexibility index (Phi) is 4.89. The van der Waals surface area contributed by atoms with Gasteiger partial charge in [0.25, 0.3) is 5.91 Å². The minimum absolute atomic E-state index is 0.0889. The molecule has 0 bridgehead atoms. The van der Waals surface area contributed by atoms with Crippen LogP contribution in [0, 0.1) is 5.92 Å². The third-order valence-electron chi connectivity index (χ3n) is 3.88. The molecule has 1 amide bonds. The lowest BCUT2D eigenvalue weighted by Gasteiger charge is -2.19. The van der Waals surface area contributed by atoms with Gasteiger partial charge in [0.1, 0.15) is 5.69 Å². The van der Waals surface area contributed by atoms with Crippen molar-refractivity contribution in [1.82, 2.24) is 14.7 Å². The van der Waals surface area contributed by atoms with Crippen LogP contribution in [0.3, 0.4) is 0 Å². The normalized spacial score (nSPS) is 12.7. The number of thiazole rings is 1. The molecule has 126 valence electrons. The number of fused-ring (bicyclic) bond motifs is 1. The molecule has 2 heterocycles. The Balaban J connectivity index is 1.92. The van der Waals surface area contributed by atoms with Gasteiger partial charge in [-0.1, -0.05) is 37.6 Å². The Bertz CT molecular complexity index is 872. The van der Waals surface area contributed by atoms with Crippen LogP contribution in [0.4, 0.5) is 0 Å². The van der Waals surface area contributed by atoms with E-state index in [-0.39, 0.29) is 24.5 Å². The third kappa shape index (κ3) is 3.31. The van der Waals surface area contributed by atoms with Crippen molar-refractivity contribution in [2.75, 3.05) is 6.61 Å². The van der Waals surface area contributed by atoms with Gasteiger partial charge in [-0.05, 0) is 18.1 Å². The summed E-state index contributed by atoms with van der Waals surface area (Å²) in [7, 11) is 0. The number of halogens is 1. The van der Waals surface area contributed by atoms with Gasteiger partial charge in [-0.15, -0.1) is 11.3 Å². The molecule has 0 unspecified atom stereocenters. The highest BCUT2D eigenvalue weighted by Gasteiger charge is 2.20. The summed E-state index contributed by atoms with van der Waals surface area (Å²) in [6.07, 6.45) is 1.83. The molecule has 2 aromatic heterocycles. The number of aliphatic hydroxyl groups is 1. The first-order valence-electron chi connectivity index (χ1n) is 7.64. The molecule has 5 nitrogen and oxygen atoms in total. The molecule has 2 N–H and O–H groups in total. The third-order valence-corrected chi connectivity index (χ3v) is 4.96. The molecule has 1 aromatic carbocycles. The Labute approximate surface area is 148 Å². The van der Waals surface area contributed by atoms with Crippen molar-refractivity contribution >= 4 is 33.8 Å². The fourth-order valence-electron chi connectivity index (χ4n) is 2.40. The number of nitrogens with zero attached hydrogens (tertiary/aromatic N) is 2. The molecule has 24 heavy (non-hydrogen) atoms. The Morgan fingerprint density at radius 3 is 2.92 bits per heavy atom. The van der Waals surface area contributed by atoms with E-state index in [0.717, 1.165) is 16.2 Å². The van der Waals surface area contributed by atoms with Crippen LogP contribution < -0.4 is 5.32 Å². The molecule has 0 spiro atoms. The second kappa shape index (κ2) is 6.93. The van der Waals surface area contributed by atoms with E-state index in [4.69, 9.17) is 11.6 Å². The van der Waals surface area contributed by atoms with Crippen LogP contribution in [-0.2, 0) is 0 Å². The molecule has 0 radical (unpaired) electrons. The van der Waals surface area contributed by atoms with Crippen LogP contribution >= 0.6 is 22.9 Å². The van der Waals surface area contributed by atoms with Gasteiger partial charge < -0.3 is 10.4 Å². The van der Waals surface area contributed by atoms with Crippen molar-refractivity contribution in [3.63, 3.8) is 0 Å². The minimum Gasteiger partial charge on any atom is -0.394 e. The van der Waals surface area contributed by atoms with Crippen molar-refractivity contribution in [3.05, 3.63) is 46.6 Å². The molecule has 3 aromatic rings. The first-order valence-corrected chi connectivity index (χ1v) is 8.89. The van der Waals surface area contributed by atoms with Gasteiger partial charge in [0, 0.05) is 22.2 Å². The van der Waals surface area contributed by atoms with Gasteiger partial charge >= 0.3 is 0 Å². The topological polar surface area (TPSA) is 66.6 Å². The molecule has 7 heteroatoms. The largest absolute Gasteiger partial charge is 0.394 e. The number of imidazole rings is 1. The molecular formula is C17H18ClN3O2S. The van der Waals surface area contributed by atoms with Crippen molar-refractivity contribution in [3.8, 4) is 11.3 Å². The van der Waals surface area contributed by atoms with Gasteiger partial charge in [0.2, 0.25) is 0 Å². The molecule has 1 atom stereocenters. The number of aliphatic hydroxyl groups excluding tert-OH is 1. The number of carbonyl (C=O) groups excluding carboxylic acids is 1. The van der Waals surface area contributed by atoms with Gasteiger partial charge in [0.15, 0.2) is 4.96 Å². The summed E-state index contributed by atoms with van der Waals surface area (Å²) < 4.78 is 1.77. The van der Waals surface area contributed by atoms with Crippen LogP contribution in [-0.4, -0.2) is 33.0 Å². The van der Waals surface area contributed by atoms with Gasteiger partial charge in [0.05, 0.1) is 18.3 Å². The molecule has 0 saturated carbocycles. The van der Waals surface area contributed by atoms with E-state index in [1.807, 2.05) is 44.3 Å². The van der Waals surface area contributed by atoms with E-state index in [1.165, 1.54) is 11.3 Å². The summed E-state index contributed by atoms with van der Waals surface area (Å²) in [5.74, 6) is -0.0677. The quantitative estimate of drug-likeness (QED) is 0.729. The average Bonchev–Trinajstić information content (AvgIpc) is 3.12. The number of carbonyl (C=O) groups is 1.